The maximum absolute atomic E-state index is 12.3. The van der Waals surface area contributed by atoms with Gasteiger partial charge in [0.1, 0.15) is 17.3 Å². The summed E-state index contributed by atoms with van der Waals surface area (Å²) in [5.41, 5.74) is 1.87. The van der Waals surface area contributed by atoms with E-state index in [1.165, 1.54) is 18.6 Å². The quantitative estimate of drug-likeness (QED) is 0.387. The van der Waals surface area contributed by atoms with E-state index in [1.807, 2.05) is 35.0 Å². The van der Waals surface area contributed by atoms with Gasteiger partial charge in [-0.3, -0.25) is 14.3 Å². The fraction of sp³-hybridized carbons (Fsp3) is 0.182. The van der Waals surface area contributed by atoms with Crippen LogP contribution in [-0.4, -0.2) is 53.1 Å². The smallest absolute Gasteiger partial charge is 0.275 e. The van der Waals surface area contributed by atoms with Gasteiger partial charge in [-0.05, 0) is 30.7 Å². The Kier molecular flexibility index (Phi) is 6.42. The van der Waals surface area contributed by atoms with E-state index in [0.717, 1.165) is 11.4 Å². The molecule has 0 saturated heterocycles. The Balaban J connectivity index is 1.50. The number of hydrogen-bond donors (Lipinski definition) is 3. The number of imidazole rings is 1. The molecule has 4 rings (SSSR count). The molecular formula is C22H22N8O2. The molecule has 0 fully saturated rings. The minimum absolute atomic E-state index is 0.247. The van der Waals surface area contributed by atoms with Crippen molar-refractivity contribution in [2.45, 2.75) is 19.4 Å². The van der Waals surface area contributed by atoms with E-state index in [9.17, 15) is 9.90 Å². The lowest BCUT2D eigenvalue weighted by Gasteiger charge is -2.11. The summed E-state index contributed by atoms with van der Waals surface area (Å²) in [5.74, 6) is 1.54. The molecule has 0 aliphatic heterocycles. The topological polar surface area (TPSA) is 131 Å². The lowest BCUT2D eigenvalue weighted by atomic mass is 10.1. The number of carbonyl (C=O) groups excluding carboxylic acids is 1. The minimum atomic E-state index is -0.507. The maximum Gasteiger partial charge on any atom is 0.275 e. The molecule has 3 aromatic heterocycles. The number of benzene rings is 1. The number of aromatic nitrogens is 6. The highest BCUT2D eigenvalue weighted by molar-refractivity contribution is 6.02. The molecule has 1 aromatic carbocycles. The van der Waals surface area contributed by atoms with Crippen LogP contribution in [0.5, 0.6) is 0 Å². The van der Waals surface area contributed by atoms with Gasteiger partial charge in [-0.15, -0.1) is 0 Å². The third kappa shape index (κ3) is 5.29. The molecule has 162 valence electrons. The molecule has 1 atom stereocenters. The van der Waals surface area contributed by atoms with Crippen molar-refractivity contribution in [2.24, 2.45) is 0 Å². The van der Waals surface area contributed by atoms with Crippen LogP contribution in [-0.2, 0) is 6.42 Å². The average Bonchev–Trinajstić information content (AvgIpc) is 3.27. The molecular weight excluding hydrogens is 408 g/mol. The fourth-order valence-electron chi connectivity index (χ4n) is 3.03. The Morgan fingerprint density at radius 1 is 1.12 bits per heavy atom. The van der Waals surface area contributed by atoms with Gasteiger partial charge < -0.3 is 15.7 Å². The SMILES string of the molecule is C[C@H](O)CNc1nccc(-n2ccnc2Cc2cccc(NC(=O)c3cnccn3)c2)n1. The standard InChI is InChI=1S/C22H22N8O2/c1-15(31)13-27-22-26-6-5-19(29-22)30-10-9-25-20(30)12-16-3-2-4-17(11-16)28-21(32)18-14-23-7-8-24-18/h2-11,14-15,31H,12-13H2,1H3,(H,28,32)(H,26,27,29)/t15-/m0/s1. The zero-order valence-electron chi connectivity index (χ0n) is 17.4. The third-order valence-electron chi connectivity index (χ3n) is 4.50. The number of hydrogen-bond acceptors (Lipinski definition) is 8. The number of rotatable bonds is 8. The molecule has 1 amide bonds. The Morgan fingerprint density at radius 2 is 2.03 bits per heavy atom. The predicted molar refractivity (Wildman–Crippen MR) is 119 cm³/mol. The van der Waals surface area contributed by atoms with Crippen molar-refractivity contribution in [3.05, 3.63) is 84.6 Å². The lowest BCUT2D eigenvalue weighted by Crippen LogP contribution is -2.17. The van der Waals surface area contributed by atoms with Gasteiger partial charge in [0.2, 0.25) is 5.95 Å². The molecule has 0 radical (unpaired) electrons. The van der Waals surface area contributed by atoms with Crippen LogP contribution >= 0.6 is 0 Å². The number of aliphatic hydroxyl groups excluding tert-OH is 1. The van der Waals surface area contributed by atoms with E-state index < -0.39 is 6.10 Å². The molecule has 0 bridgehead atoms. The van der Waals surface area contributed by atoms with E-state index in [1.54, 1.807) is 25.4 Å². The van der Waals surface area contributed by atoms with Crippen LogP contribution in [0.25, 0.3) is 5.82 Å². The van der Waals surface area contributed by atoms with E-state index >= 15 is 0 Å². The van der Waals surface area contributed by atoms with E-state index in [2.05, 4.69) is 35.6 Å². The molecule has 0 aliphatic carbocycles. The monoisotopic (exact) mass is 430 g/mol. The predicted octanol–water partition coefficient (Wildman–Crippen LogP) is 2.09. The van der Waals surface area contributed by atoms with Crippen LogP contribution in [0.15, 0.2) is 67.5 Å². The molecule has 0 saturated carbocycles. The molecule has 3 heterocycles. The van der Waals surface area contributed by atoms with Crippen LogP contribution in [0, 0.1) is 0 Å². The van der Waals surface area contributed by atoms with Crippen LogP contribution < -0.4 is 10.6 Å². The summed E-state index contributed by atoms with van der Waals surface area (Å²) in [4.78, 5) is 33.4. The number of carbonyl (C=O) groups is 1. The van der Waals surface area contributed by atoms with Gasteiger partial charge in [-0.2, -0.15) is 4.98 Å². The van der Waals surface area contributed by atoms with Gasteiger partial charge in [0.25, 0.3) is 5.91 Å². The summed E-state index contributed by atoms with van der Waals surface area (Å²) in [5, 5.41) is 15.3. The summed E-state index contributed by atoms with van der Waals surface area (Å²) in [7, 11) is 0. The first-order valence-electron chi connectivity index (χ1n) is 10.0. The molecule has 4 aromatic rings. The molecule has 0 spiro atoms. The second-order valence-electron chi connectivity index (χ2n) is 7.10. The Bertz CT molecular complexity index is 1190. The number of aliphatic hydroxyl groups is 1. The number of nitrogens with zero attached hydrogens (tertiary/aromatic N) is 6. The molecule has 10 heteroatoms. The lowest BCUT2D eigenvalue weighted by molar-refractivity contribution is 0.102. The number of anilines is 2. The first kappa shape index (κ1) is 21.1. The van der Waals surface area contributed by atoms with Crippen molar-refractivity contribution in [3.63, 3.8) is 0 Å². The second kappa shape index (κ2) is 9.75. The van der Waals surface area contributed by atoms with Gasteiger partial charge in [0, 0.05) is 49.6 Å². The van der Waals surface area contributed by atoms with Gasteiger partial charge in [0.05, 0.1) is 12.3 Å². The van der Waals surface area contributed by atoms with Crippen molar-refractivity contribution >= 4 is 17.5 Å². The van der Waals surface area contributed by atoms with Gasteiger partial charge in [-0.25, -0.2) is 15.0 Å². The van der Waals surface area contributed by atoms with Crippen LogP contribution in [0.1, 0.15) is 28.8 Å². The van der Waals surface area contributed by atoms with Crippen molar-refractivity contribution in [2.75, 3.05) is 17.2 Å². The Morgan fingerprint density at radius 3 is 2.84 bits per heavy atom. The highest BCUT2D eigenvalue weighted by Crippen LogP contribution is 2.17. The summed E-state index contributed by atoms with van der Waals surface area (Å²) in [6.07, 6.45) is 9.62. The second-order valence-corrected chi connectivity index (χ2v) is 7.10. The first-order valence-corrected chi connectivity index (χ1v) is 10.0. The summed E-state index contributed by atoms with van der Waals surface area (Å²) in [6, 6.07) is 9.33. The van der Waals surface area contributed by atoms with Crippen molar-refractivity contribution < 1.29 is 9.90 Å². The normalized spacial score (nSPS) is 11.7. The molecule has 0 unspecified atom stereocenters. The molecule has 10 nitrogen and oxygen atoms in total. The Labute approximate surface area is 184 Å². The highest BCUT2D eigenvalue weighted by Gasteiger charge is 2.11. The first-order chi connectivity index (χ1) is 15.6. The zero-order valence-corrected chi connectivity index (χ0v) is 17.4. The number of amides is 1. The highest BCUT2D eigenvalue weighted by atomic mass is 16.3. The molecule has 0 aliphatic rings. The molecule has 3 N–H and O–H groups in total. The summed E-state index contributed by atoms with van der Waals surface area (Å²) >= 11 is 0. The van der Waals surface area contributed by atoms with Gasteiger partial charge >= 0.3 is 0 Å². The van der Waals surface area contributed by atoms with Crippen LogP contribution in [0.4, 0.5) is 11.6 Å². The van der Waals surface area contributed by atoms with Crippen molar-refractivity contribution in [1.29, 1.82) is 0 Å². The van der Waals surface area contributed by atoms with E-state index in [-0.39, 0.29) is 11.6 Å². The summed E-state index contributed by atoms with van der Waals surface area (Å²) in [6.45, 7) is 2.04. The van der Waals surface area contributed by atoms with Crippen molar-refractivity contribution in [1.82, 2.24) is 29.5 Å². The van der Waals surface area contributed by atoms with Gasteiger partial charge in [0.15, 0.2) is 0 Å². The fourth-order valence-corrected chi connectivity index (χ4v) is 3.03. The van der Waals surface area contributed by atoms with E-state index in [4.69, 9.17) is 0 Å². The van der Waals surface area contributed by atoms with E-state index in [0.29, 0.717) is 30.4 Å². The number of nitrogens with one attached hydrogen (secondary N) is 2. The summed E-state index contributed by atoms with van der Waals surface area (Å²) < 4.78 is 1.88. The Hall–Kier alpha value is -4.18. The minimum Gasteiger partial charge on any atom is -0.392 e. The van der Waals surface area contributed by atoms with Gasteiger partial charge in [-0.1, -0.05) is 12.1 Å². The largest absolute Gasteiger partial charge is 0.392 e. The van der Waals surface area contributed by atoms with Crippen LogP contribution in [0.3, 0.4) is 0 Å². The maximum atomic E-state index is 12.3. The zero-order chi connectivity index (χ0) is 22.3. The molecule has 32 heavy (non-hydrogen) atoms. The third-order valence-corrected chi connectivity index (χ3v) is 4.50. The average molecular weight is 430 g/mol. The van der Waals surface area contributed by atoms with Crippen LogP contribution in [0.2, 0.25) is 0 Å². The van der Waals surface area contributed by atoms with Crippen molar-refractivity contribution in [3.8, 4) is 5.82 Å².